The summed E-state index contributed by atoms with van der Waals surface area (Å²) in [4.78, 5) is 26.8. The summed E-state index contributed by atoms with van der Waals surface area (Å²) in [6, 6.07) is 8.22. The number of nitrogens with one attached hydrogen (secondary N) is 1. The standard InChI is InChI=1S/C16H24N4O3/c1-12(18-16(17)23)15(22)20-9-7-19(8-10-20)11-14(21)13-5-3-2-4-6-13/h2-6,12,14,21H,7-11H2,1H3,(H3,17,18,23)/t12-,14-/m1/s1. The third kappa shape index (κ3) is 4.94. The van der Waals surface area contributed by atoms with E-state index in [4.69, 9.17) is 5.73 Å². The summed E-state index contributed by atoms with van der Waals surface area (Å²) in [7, 11) is 0. The lowest BCUT2D eigenvalue weighted by atomic mass is 10.1. The number of piperazine rings is 1. The first kappa shape index (κ1) is 17.2. The zero-order valence-electron chi connectivity index (χ0n) is 13.3. The Balaban J connectivity index is 1.79. The molecule has 2 atom stereocenters. The van der Waals surface area contributed by atoms with Crippen molar-refractivity contribution < 1.29 is 14.7 Å². The van der Waals surface area contributed by atoms with Crippen molar-refractivity contribution in [2.24, 2.45) is 5.73 Å². The highest BCUT2D eigenvalue weighted by molar-refractivity contribution is 5.86. The molecule has 0 radical (unpaired) electrons. The van der Waals surface area contributed by atoms with Gasteiger partial charge in [-0.05, 0) is 12.5 Å². The molecule has 0 bridgehead atoms. The fourth-order valence-corrected chi connectivity index (χ4v) is 2.72. The molecule has 126 valence electrons. The van der Waals surface area contributed by atoms with Gasteiger partial charge in [0.1, 0.15) is 6.04 Å². The van der Waals surface area contributed by atoms with Crippen molar-refractivity contribution in [3.8, 4) is 0 Å². The minimum Gasteiger partial charge on any atom is -0.387 e. The molecule has 0 aromatic heterocycles. The van der Waals surface area contributed by atoms with Crippen LogP contribution in [0.3, 0.4) is 0 Å². The normalized spacial score (nSPS) is 18.3. The summed E-state index contributed by atoms with van der Waals surface area (Å²) in [5.41, 5.74) is 5.93. The van der Waals surface area contributed by atoms with Gasteiger partial charge in [0.2, 0.25) is 5.91 Å². The molecule has 1 aliphatic heterocycles. The first-order valence-corrected chi connectivity index (χ1v) is 7.77. The summed E-state index contributed by atoms with van der Waals surface area (Å²) in [6.07, 6.45) is -0.533. The van der Waals surface area contributed by atoms with Crippen molar-refractivity contribution in [2.75, 3.05) is 32.7 Å². The van der Waals surface area contributed by atoms with Crippen LogP contribution in [0.2, 0.25) is 0 Å². The maximum Gasteiger partial charge on any atom is 0.312 e. The Morgan fingerprint density at radius 2 is 1.83 bits per heavy atom. The molecule has 1 aromatic rings. The van der Waals surface area contributed by atoms with E-state index >= 15 is 0 Å². The molecule has 4 N–H and O–H groups in total. The first-order valence-electron chi connectivity index (χ1n) is 7.77. The van der Waals surface area contributed by atoms with Crippen molar-refractivity contribution in [3.63, 3.8) is 0 Å². The van der Waals surface area contributed by atoms with Gasteiger partial charge in [0.05, 0.1) is 6.10 Å². The van der Waals surface area contributed by atoms with Crippen LogP contribution in [0.5, 0.6) is 0 Å². The predicted molar refractivity (Wildman–Crippen MR) is 86.6 cm³/mol. The van der Waals surface area contributed by atoms with Crippen LogP contribution >= 0.6 is 0 Å². The van der Waals surface area contributed by atoms with E-state index < -0.39 is 18.2 Å². The van der Waals surface area contributed by atoms with E-state index in [-0.39, 0.29) is 5.91 Å². The lowest BCUT2D eigenvalue weighted by molar-refractivity contribution is -0.134. The van der Waals surface area contributed by atoms with E-state index in [1.165, 1.54) is 0 Å². The zero-order chi connectivity index (χ0) is 16.8. The number of nitrogens with zero attached hydrogens (tertiary/aromatic N) is 2. The molecule has 1 aliphatic rings. The van der Waals surface area contributed by atoms with Crippen molar-refractivity contribution in [3.05, 3.63) is 35.9 Å². The smallest absolute Gasteiger partial charge is 0.312 e. The Bertz CT molecular complexity index is 529. The molecule has 0 aliphatic carbocycles. The van der Waals surface area contributed by atoms with Crippen LogP contribution in [0.15, 0.2) is 30.3 Å². The number of urea groups is 1. The summed E-state index contributed by atoms with van der Waals surface area (Å²) < 4.78 is 0. The monoisotopic (exact) mass is 320 g/mol. The van der Waals surface area contributed by atoms with E-state index in [0.29, 0.717) is 32.7 Å². The number of hydrogen-bond acceptors (Lipinski definition) is 4. The van der Waals surface area contributed by atoms with Crippen molar-refractivity contribution in [1.82, 2.24) is 15.1 Å². The quantitative estimate of drug-likeness (QED) is 0.707. The molecule has 1 aromatic carbocycles. The Morgan fingerprint density at radius 3 is 2.39 bits per heavy atom. The van der Waals surface area contributed by atoms with Gasteiger partial charge in [-0.1, -0.05) is 30.3 Å². The van der Waals surface area contributed by atoms with Crippen LogP contribution in [0.4, 0.5) is 4.79 Å². The number of hydrogen-bond donors (Lipinski definition) is 3. The van der Waals surface area contributed by atoms with Gasteiger partial charge in [0.25, 0.3) is 0 Å². The van der Waals surface area contributed by atoms with Crippen LogP contribution in [-0.2, 0) is 4.79 Å². The van der Waals surface area contributed by atoms with Gasteiger partial charge in [-0.25, -0.2) is 4.79 Å². The molecular formula is C16H24N4O3. The highest BCUT2D eigenvalue weighted by atomic mass is 16.3. The largest absolute Gasteiger partial charge is 0.387 e. The van der Waals surface area contributed by atoms with Gasteiger partial charge in [-0.2, -0.15) is 0 Å². The third-order valence-electron chi connectivity index (χ3n) is 4.03. The average molecular weight is 320 g/mol. The summed E-state index contributed by atoms with van der Waals surface area (Å²) in [6.45, 7) is 4.70. The summed E-state index contributed by atoms with van der Waals surface area (Å²) in [5.74, 6) is -0.132. The van der Waals surface area contributed by atoms with Crippen molar-refractivity contribution >= 4 is 11.9 Å². The molecule has 3 amide bonds. The second-order valence-electron chi connectivity index (χ2n) is 5.78. The molecule has 23 heavy (non-hydrogen) atoms. The number of nitrogens with two attached hydrogens (primary N) is 1. The molecule has 0 unspecified atom stereocenters. The van der Waals surface area contributed by atoms with Gasteiger partial charge in [0.15, 0.2) is 0 Å². The van der Waals surface area contributed by atoms with Gasteiger partial charge in [-0.3, -0.25) is 9.69 Å². The van der Waals surface area contributed by atoms with Crippen LogP contribution in [-0.4, -0.2) is 65.6 Å². The van der Waals surface area contributed by atoms with Gasteiger partial charge in [-0.15, -0.1) is 0 Å². The molecule has 1 fully saturated rings. The van der Waals surface area contributed by atoms with E-state index in [1.807, 2.05) is 30.3 Å². The molecule has 7 heteroatoms. The van der Waals surface area contributed by atoms with Crippen LogP contribution in [0.1, 0.15) is 18.6 Å². The Labute approximate surface area is 136 Å². The summed E-state index contributed by atoms with van der Waals surface area (Å²) >= 11 is 0. The van der Waals surface area contributed by atoms with Gasteiger partial charge < -0.3 is 21.1 Å². The van der Waals surface area contributed by atoms with Crippen molar-refractivity contribution in [2.45, 2.75) is 19.1 Å². The second-order valence-corrected chi connectivity index (χ2v) is 5.78. The number of benzene rings is 1. The van der Waals surface area contributed by atoms with Crippen LogP contribution in [0.25, 0.3) is 0 Å². The third-order valence-corrected chi connectivity index (χ3v) is 4.03. The number of carbonyl (C=O) groups is 2. The minimum atomic E-state index is -0.699. The Hall–Kier alpha value is -2.12. The number of β-amino-alcohol motifs (C(OH)–C–C–N with tert-alkyl or cyclic N) is 1. The molecule has 1 heterocycles. The Kier molecular flexibility index (Phi) is 5.95. The molecule has 2 rings (SSSR count). The van der Waals surface area contributed by atoms with E-state index in [1.54, 1.807) is 11.8 Å². The zero-order valence-corrected chi connectivity index (χ0v) is 13.3. The number of amides is 3. The van der Waals surface area contributed by atoms with Gasteiger partial charge in [0, 0.05) is 32.7 Å². The van der Waals surface area contributed by atoms with E-state index in [2.05, 4.69) is 10.2 Å². The fraction of sp³-hybridized carbons (Fsp3) is 0.500. The Morgan fingerprint density at radius 1 is 1.22 bits per heavy atom. The van der Waals surface area contributed by atoms with E-state index in [9.17, 15) is 14.7 Å². The van der Waals surface area contributed by atoms with E-state index in [0.717, 1.165) is 5.56 Å². The topological polar surface area (TPSA) is 98.9 Å². The number of primary amides is 1. The lowest BCUT2D eigenvalue weighted by Gasteiger charge is -2.36. The highest BCUT2D eigenvalue weighted by Gasteiger charge is 2.26. The number of aliphatic hydroxyl groups is 1. The SMILES string of the molecule is C[C@@H](NC(N)=O)C(=O)N1CCN(C[C@@H](O)c2ccccc2)CC1. The van der Waals surface area contributed by atoms with Crippen LogP contribution < -0.4 is 11.1 Å². The van der Waals surface area contributed by atoms with Gasteiger partial charge >= 0.3 is 6.03 Å². The molecule has 7 nitrogen and oxygen atoms in total. The number of aliphatic hydroxyl groups excluding tert-OH is 1. The maximum atomic E-state index is 12.2. The summed E-state index contributed by atoms with van der Waals surface area (Å²) in [5, 5.41) is 12.7. The number of carbonyl (C=O) groups excluding carboxylic acids is 2. The molecule has 0 spiro atoms. The molecule has 0 saturated carbocycles. The van der Waals surface area contributed by atoms with Crippen LogP contribution in [0, 0.1) is 0 Å². The van der Waals surface area contributed by atoms with Crippen molar-refractivity contribution in [1.29, 1.82) is 0 Å². The number of rotatable bonds is 5. The fourth-order valence-electron chi connectivity index (χ4n) is 2.72. The molecule has 1 saturated heterocycles. The molecular weight excluding hydrogens is 296 g/mol. The second kappa shape index (κ2) is 7.94. The first-order chi connectivity index (χ1) is 11.0. The maximum absolute atomic E-state index is 12.2. The average Bonchev–Trinajstić information content (AvgIpc) is 2.55. The predicted octanol–water partition coefficient (Wildman–Crippen LogP) is -0.0790. The lowest BCUT2D eigenvalue weighted by Crippen LogP contribution is -2.55. The highest BCUT2D eigenvalue weighted by Crippen LogP contribution is 2.15. The minimum absolute atomic E-state index is 0.132.